The van der Waals surface area contributed by atoms with Gasteiger partial charge in [-0.3, -0.25) is 0 Å². The van der Waals surface area contributed by atoms with Gasteiger partial charge in [0.1, 0.15) is 0 Å². The molecular formula is C15H21NO2. The number of carbonyl (C=O) groups is 1. The van der Waals surface area contributed by atoms with Gasteiger partial charge in [0.2, 0.25) is 5.70 Å². The molecule has 18 heavy (non-hydrogen) atoms. The molecule has 98 valence electrons. The third kappa shape index (κ3) is 1.80. The Morgan fingerprint density at radius 2 is 2.17 bits per heavy atom. The summed E-state index contributed by atoms with van der Waals surface area (Å²) in [6, 6.07) is 0. The number of ketones is 1. The molecule has 1 fully saturated rings. The van der Waals surface area contributed by atoms with Crippen molar-refractivity contribution >= 4 is 5.78 Å². The van der Waals surface area contributed by atoms with E-state index >= 15 is 0 Å². The highest BCUT2D eigenvalue weighted by Crippen LogP contribution is 2.51. The largest absolute Gasteiger partial charge is 0.373 e. The third-order valence-corrected chi connectivity index (χ3v) is 4.45. The van der Waals surface area contributed by atoms with Crippen molar-refractivity contribution < 1.29 is 9.53 Å². The van der Waals surface area contributed by atoms with Crippen molar-refractivity contribution in [3.05, 3.63) is 23.2 Å². The molecule has 1 aliphatic heterocycles. The molecule has 0 radical (unpaired) electrons. The molecule has 1 heterocycles. The van der Waals surface area contributed by atoms with E-state index in [9.17, 15) is 4.79 Å². The average Bonchev–Trinajstić information content (AvgIpc) is 2.34. The number of carbonyl (C=O) groups excluding carboxylic acids is 1. The molecule has 3 nitrogen and oxygen atoms in total. The zero-order chi connectivity index (χ0) is 13.6. The Morgan fingerprint density at radius 1 is 1.50 bits per heavy atom. The lowest BCUT2D eigenvalue weighted by molar-refractivity contribution is -0.171. The Labute approximate surface area is 109 Å². The van der Waals surface area contributed by atoms with Crippen molar-refractivity contribution in [2.24, 2.45) is 10.8 Å². The van der Waals surface area contributed by atoms with Gasteiger partial charge in [0, 0.05) is 10.8 Å². The molecule has 0 N–H and O–H groups in total. The minimum atomic E-state index is -0.600. The van der Waals surface area contributed by atoms with E-state index in [1.165, 1.54) is 0 Å². The minimum Gasteiger partial charge on any atom is -0.373 e. The van der Waals surface area contributed by atoms with E-state index in [2.05, 4.69) is 18.7 Å². The summed E-state index contributed by atoms with van der Waals surface area (Å²) >= 11 is 0. The van der Waals surface area contributed by atoms with Crippen LogP contribution in [-0.4, -0.2) is 18.0 Å². The van der Waals surface area contributed by atoms with E-state index in [0.29, 0.717) is 0 Å². The predicted octanol–water partition coefficient (Wildman–Crippen LogP) is 3.36. The maximum Gasteiger partial charge on any atom is 0.226 e. The topological polar surface area (TPSA) is 30.7 Å². The van der Waals surface area contributed by atoms with Gasteiger partial charge in [0.15, 0.2) is 5.78 Å². The van der Waals surface area contributed by atoms with Gasteiger partial charge in [0.05, 0.1) is 18.8 Å². The number of allylic oxidation sites excluding steroid dienone is 1. The van der Waals surface area contributed by atoms with Crippen LogP contribution in [0.2, 0.25) is 0 Å². The molecule has 0 unspecified atom stereocenters. The number of Topliss-reactive ketones (excluding diaryl/α,β-unsaturated/α-hetero) is 1. The smallest absolute Gasteiger partial charge is 0.226 e. The molecule has 0 aromatic rings. The zero-order valence-electron chi connectivity index (χ0n) is 11.6. The Balaban J connectivity index is 2.45. The lowest BCUT2D eigenvalue weighted by Crippen LogP contribution is -2.55. The fourth-order valence-electron chi connectivity index (χ4n) is 3.37. The second-order valence-corrected chi connectivity index (χ2v) is 6.28. The molecule has 3 atom stereocenters. The lowest BCUT2D eigenvalue weighted by atomic mass is 9.61. The summed E-state index contributed by atoms with van der Waals surface area (Å²) in [4.78, 5) is 15.7. The van der Waals surface area contributed by atoms with Crippen LogP contribution in [0.5, 0.6) is 0 Å². The van der Waals surface area contributed by atoms with Gasteiger partial charge in [-0.05, 0) is 19.3 Å². The van der Waals surface area contributed by atoms with Crippen LogP contribution in [0.15, 0.2) is 11.8 Å². The van der Waals surface area contributed by atoms with Gasteiger partial charge < -0.3 is 9.53 Å². The van der Waals surface area contributed by atoms with Crippen LogP contribution in [0.25, 0.3) is 4.85 Å². The zero-order valence-corrected chi connectivity index (χ0v) is 11.6. The van der Waals surface area contributed by atoms with Gasteiger partial charge in [-0.1, -0.05) is 33.8 Å². The van der Waals surface area contributed by atoms with Gasteiger partial charge >= 0.3 is 0 Å². The van der Waals surface area contributed by atoms with E-state index in [-0.39, 0.29) is 29.1 Å². The highest BCUT2D eigenvalue weighted by Gasteiger charge is 2.54. The number of rotatable bonds is 1. The molecule has 0 aromatic carbocycles. The summed E-state index contributed by atoms with van der Waals surface area (Å²) in [5.41, 5.74) is -0.488. The molecular weight excluding hydrogens is 226 g/mol. The number of fused-ring (bicyclic) bond motifs is 1. The lowest BCUT2D eigenvalue weighted by Gasteiger charge is -2.51. The van der Waals surface area contributed by atoms with E-state index in [4.69, 9.17) is 11.3 Å². The molecule has 2 rings (SSSR count). The molecule has 1 saturated heterocycles. The van der Waals surface area contributed by atoms with Gasteiger partial charge in [-0.25, -0.2) is 4.85 Å². The van der Waals surface area contributed by atoms with Crippen molar-refractivity contribution in [2.75, 3.05) is 0 Å². The SMILES string of the molecule is [C-]#[N+]C1=C[C@@]2(C)CC[C@@H](CC)O[C@@H]2C(C)(C)C1=O. The van der Waals surface area contributed by atoms with Crippen LogP contribution in [0.1, 0.15) is 47.0 Å². The van der Waals surface area contributed by atoms with Crippen LogP contribution in [-0.2, 0) is 9.53 Å². The summed E-state index contributed by atoms with van der Waals surface area (Å²) < 4.78 is 6.15. The van der Waals surface area contributed by atoms with Crippen molar-refractivity contribution in [2.45, 2.75) is 59.2 Å². The first-order chi connectivity index (χ1) is 8.35. The van der Waals surface area contributed by atoms with Crippen LogP contribution in [0, 0.1) is 17.4 Å². The van der Waals surface area contributed by atoms with Gasteiger partial charge in [-0.2, -0.15) is 0 Å². The monoisotopic (exact) mass is 247 g/mol. The van der Waals surface area contributed by atoms with E-state index in [1.54, 1.807) is 0 Å². The summed E-state index contributed by atoms with van der Waals surface area (Å²) in [6.07, 6.45) is 4.97. The molecule has 1 aliphatic carbocycles. The maximum absolute atomic E-state index is 12.3. The van der Waals surface area contributed by atoms with Crippen LogP contribution in [0.3, 0.4) is 0 Å². The molecule has 3 heteroatoms. The first-order valence-electron chi connectivity index (χ1n) is 6.65. The van der Waals surface area contributed by atoms with E-state index in [1.807, 2.05) is 19.9 Å². The number of hydrogen-bond donors (Lipinski definition) is 0. The second-order valence-electron chi connectivity index (χ2n) is 6.28. The summed E-state index contributed by atoms with van der Waals surface area (Å²) in [5.74, 6) is -0.0725. The van der Waals surface area contributed by atoms with E-state index in [0.717, 1.165) is 19.3 Å². The Bertz CT molecular complexity index is 444. The molecule has 0 bridgehead atoms. The quantitative estimate of drug-likeness (QED) is 0.665. The van der Waals surface area contributed by atoms with Crippen LogP contribution < -0.4 is 0 Å². The summed E-state index contributed by atoms with van der Waals surface area (Å²) in [6.45, 7) is 15.2. The molecule has 0 saturated carbocycles. The number of nitrogens with zero attached hydrogens (tertiary/aromatic N) is 1. The normalized spacial score (nSPS) is 38.6. The van der Waals surface area contributed by atoms with Gasteiger partial charge in [0.25, 0.3) is 0 Å². The third-order valence-electron chi connectivity index (χ3n) is 4.45. The van der Waals surface area contributed by atoms with Crippen molar-refractivity contribution in [1.29, 1.82) is 0 Å². The van der Waals surface area contributed by atoms with E-state index < -0.39 is 5.41 Å². The minimum absolute atomic E-state index is 0.0725. The maximum atomic E-state index is 12.3. The standard InChI is InChI=1S/C15H21NO2/c1-6-10-7-8-15(4)9-11(16-5)12(17)14(2,3)13(15)18-10/h9-10,13H,6-8H2,1-4H3/t10-,13-,15-/m1/s1. The fraction of sp³-hybridized carbons (Fsp3) is 0.733. The number of hydrogen-bond acceptors (Lipinski definition) is 2. The Morgan fingerprint density at radius 3 is 2.72 bits per heavy atom. The van der Waals surface area contributed by atoms with Crippen molar-refractivity contribution in [3.8, 4) is 0 Å². The number of ether oxygens (including phenoxy) is 1. The van der Waals surface area contributed by atoms with Crippen molar-refractivity contribution in [1.82, 2.24) is 0 Å². The van der Waals surface area contributed by atoms with Gasteiger partial charge in [-0.15, -0.1) is 0 Å². The second kappa shape index (κ2) is 4.20. The Kier molecular flexibility index (Phi) is 3.11. The summed E-state index contributed by atoms with van der Waals surface area (Å²) in [5, 5.41) is 0. The molecule has 0 aromatic heterocycles. The van der Waals surface area contributed by atoms with Crippen LogP contribution in [0.4, 0.5) is 0 Å². The fourth-order valence-corrected chi connectivity index (χ4v) is 3.37. The first-order valence-corrected chi connectivity index (χ1v) is 6.65. The molecule has 0 amide bonds. The van der Waals surface area contributed by atoms with Crippen LogP contribution >= 0.6 is 0 Å². The van der Waals surface area contributed by atoms with Crippen molar-refractivity contribution in [3.63, 3.8) is 0 Å². The molecule has 0 spiro atoms. The molecule has 2 aliphatic rings. The predicted molar refractivity (Wildman–Crippen MR) is 69.8 cm³/mol. The highest BCUT2D eigenvalue weighted by atomic mass is 16.5. The summed E-state index contributed by atoms with van der Waals surface area (Å²) in [7, 11) is 0. The Hall–Kier alpha value is -1.14. The first kappa shape index (κ1) is 13.3. The average molecular weight is 247 g/mol. The highest BCUT2D eigenvalue weighted by molar-refractivity contribution is 6.02.